The lowest BCUT2D eigenvalue weighted by Crippen LogP contribution is -2.38. The Morgan fingerprint density at radius 1 is 1.06 bits per heavy atom. The lowest BCUT2D eigenvalue weighted by atomic mass is 9.78. The van der Waals surface area contributed by atoms with Crippen LogP contribution in [0.1, 0.15) is 50.5 Å². The van der Waals surface area contributed by atoms with Crippen LogP contribution >= 0.6 is 0 Å². The number of benzene rings is 2. The smallest absolute Gasteiger partial charge is 0.134 e. The molecule has 3 aliphatic carbocycles. The number of halogens is 3. The van der Waals surface area contributed by atoms with E-state index in [0.717, 1.165) is 12.5 Å². The van der Waals surface area contributed by atoms with Crippen molar-refractivity contribution in [2.75, 3.05) is 7.05 Å². The van der Waals surface area contributed by atoms with Crippen LogP contribution in [-0.2, 0) is 6.42 Å². The molecule has 2 aromatic carbocycles. The third-order valence-corrected chi connectivity index (χ3v) is 8.50. The van der Waals surface area contributed by atoms with E-state index < -0.39 is 11.6 Å². The van der Waals surface area contributed by atoms with Crippen molar-refractivity contribution in [2.45, 2.75) is 57.4 Å². The largest absolute Gasteiger partial charge is 0.316 e. The summed E-state index contributed by atoms with van der Waals surface area (Å²) in [5.41, 5.74) is 2.82. The Labute approximate surface area is 189 Å². The van der Waals surface area contributed by atoms with E-state index >= 15 is 4.39 Å². The summed E-state index contributed by atoms with van der Waals surface area (Å²) in [6, 6.07) is 8.79. The second-order valence-electron chi connectivity index (χ2n) is 10.3. The molecule has 32 heavy (non-hydrogen) atoms. The summed E-state index contributed by atoms with van der Waals surface area (Å²) in [6.45, 7) is 4.57. The standard InChI is InChI=1S/C28H32F3N/c1-17(18-6-3-4-7-18)25-16-28(10-11-28)27(32-2)24(25)14-19-8-5-9-23(26(19)31)20-12-21(29)15-22(30)13-20/h5,8-9,12-13,15,18,24-25,27,32H,1,3-4,6-7,10-11,14,16H2,2H3/t24-,25?,27-/m1/s1. The van der Waals surface area contributed by atoms with Crippen LogP contribution in [0.3, 0.4) is 0 Å². The summed E-state index contributed by atoms with van der Waals surface area (Å²) in [7, 11) is 2.03. The van der Waals surface area contributed by atoms with Gasteiger partial charge in [-0.25, -0.2) is 13.2 Å². The fourth-order valence-electron chi connectivity index (χ4n) is 6.79. The topological polar surface area (TPSA) is 12.0 Å². The van der Waals surface area contributed by atoms with E-state index in [0.29, 0.717) is 35.3 Å². The van der Waals surface area contributed by atoms with E-state index in [1.165, 1.54) is 56.2 Å². The maximum Gasteiger partial charge on any atom is 0.134 e. The van der Waals surface area contributed by atoms with Gasteiger partial charge in [0.25, 0.3) is 0 Å². The van der Waals surface area contributed by atoms with Gasteiger partial charge in [-0.3, -0.25) is 0 Å². The van der Waals surface area contributed by atoms with Gasteiger partial charge in [-0.15, -0.1) is 0 Å². The molecule has 1 spiro atoms. The average Bonchev–Trinajstić information content (AvgIpc) is 3.20. The molecule has 0 amide bonds. The van der Waals surface area contributed by atoms with Gasteiger partial charge in [0.15, 0.2) is 0 Å². The molecular weight excluding hydrogens is 407 g/mol. The van der Waals surface area contributed by atoms with Crippen molar-refractivity contribution in [3.8, 4) is 11.1 Å². The lowest BCUT2D eigenvalue weighted by Gasteiger charge is -2.30. The molecule has 1 nitrogen and oxygen atoms in total. The predicted octanol–water partition coefficient (Wildman–Crippen LogP) is 7.06. The number of hydrogen-bond donors (Lipinski definition) is 1. The molecular formula is C28H32F3N. The second kappa shape index (κ2) is 8.37. The van der Waals surface area contributed by atoms with Gasteiger partial charge >= 0.3 is 0 Å². The fraction of sp³-hybridized carbons (Fsp3) is 0.500. The van der Waals surface area contributed by atoms with Gasteiger partial charge in [-0.1, -0.05) is 43.2 Å². The van der Waals surface area contributed by atoms with Crippen LogP contribution in [0.2, 0.25) is 0 Å². The first kappa shape index (κ1) is 21.8. The van der Waals surface area contributed by atoms with Gasteiger partial charge in [0.05, 0.1) is 0 Å². The van der Waals surface area contributed by atoms with Crippen molar-refractivity contribution in [2.24, 2.45) is 23.2 Å². The number of nitrogens with one attached hydrogen (secondary N) is 1. The van der Waals surface area contributed by atoms with Crippen molar-refractivity contribution >= 4 is 0 Å². The molecule has 0 heterocycles. The van der Waals surface area contributed by atoms with E-state index in [9.17, 15) is 8.78 Å². The average molecular weight is 440 g/mol. The Balaban J connectivity index is 1.47. The first-order chi connectivity index (χ1) is 15.4. The quantitative estimate of drug-likeness (QED) is 0.475. The fourth-order valence-corrected chi connectivity index (χ4v) is 6.79. The minimum Gasteiger partial charge on any atom is -0.316 e. The minimum absolute atomic E-state index is 0.240. The zero-order valence-corrected chi connectivity index (χ0v) is 18.8. The highest BCUT2D eigenvalue weighted by Gasteiger charge is 2.59. The lowest BCUT2D eigenvalue weighted by molar-refractivity contribution is 0.315. The zero-order chi connectivity index (χ0) is 22.5. The van der Waals surface area contributed by atoms with Crippen LogP contribution in [0, 0.1) is 40.6 Å². The third kappa shape index (κ3) is 3.81. The van der Waals surface area contributed by atoms with E-state index in [1.807, 2.05) is 13.1 Å². The van der Waals surface area contributed by atoms with Crippen LogP contribution in [0.4, 0.5) is 13.2 Å². The normalized spacial score (nSPS) is 26.7. The molecule has 0 aromatic heterocycles. The molecule has 0 radical (unpaired) electrons. The molecule has 3 atom stereocenters. The molecule has 3 aliphatic rings. The van der Waals surface area contributed by atoms with Crippen molar-refractivity contribution in [3.05, 3.63) is 71.6 Å². The highest BCUT2D eigenvalue weighted by Crippen LogP contribution is 2.64. The maximum atomic E-state index is 15.7. The molecule has 1 unspecified atom stereocenters. The molecule has 4 heteroatoms. The van der Waals surface area contributed by atoms with Gasteiger partial charge in [0, 0.05) is 17.7 Å². The van der Waals surface area contributed by atoms with Crippen molar-refractivity contribution in [1.29, 1.82) is 0 Å². The molecule has 0 saturated heterocycles. The first-order valence-electron chi connectivity index (χ1n) is 12.0. The minimum atomic E-state index is -0.695. The van der Waals surface area contributed by atoms with Crippen molar-refractivity contribution in [3.63, 3.8) is 0 Å². The van der Waals surface area contributed by atoms with Gasteiger partial charge in [-0.05, 0) is 92.0 Å². The Morgan fingerprint density at radius 2 is 1.75 bits per heavy atom. The maximum absolute atomic E-state index is 15.7. The van der Waals surface area contributed by atoms with E-state index in [2.05, 4.69) is 11.9 Å². The zero-order valence-electron chi connectivity index (χ0n) is 18.8. The molecule has 0 bridgehead atoms. The van der Waals surface area contributed by atoms with Gasteiger partial charge in [0.1, 0.15) is 17.5 Å². The van der Waals surface area contributed by atoms with Gasteiger partial charge in [0.2, 0.25) is 0 Å². The Kier molecular flexibility index (Phi) is 5.69. The Bertz CT molecular complexity index is 999. The summed E-state index contributed by atoms with van der Waals surface area (Å²) in [6.07, 6.45) is 9.24. The molecule has 3 saturated carbocycles. The molecule has 2 aromatic rings. The van der Waals surface area contributed by atoms with Gasteiger partial charge < -0.3 is 5.32 Å². The molecule has 5 rings (SSSR count). The highest BCUT2D eigenvalue weighted by atomic mass is 19.1. The summed E-state index contributed by atoms with van der Waals surface area (Å²) in [5.74, 6) is -0.481. The number of allylic oxidation sites excluding steroid dienone is 1. The van der Waals surface area contributed by atoms with Crippen molar-refractivity contribution < 1.29 is 13.2 Å². The van der Waals surface area contributed by atoms with Crippen LogP contribution < -0.4 is 5.32 Å². The monoisotopic (exact) mass is 439 g/mol. The van der Waals surface area contributed by atoms with E-state index in [-0.39, 0.29) is 22.9 Å². The summed E-state index contributed by atoms with van der Waals surface area (Å²) >= 11 is 0. The SMILES string of the molecule is C=C(C1CCCC1)C1CC2(CC2)[C@H](NC)[C@@H]1Cc1cccc(-c2cc(F)cc(F)c2)c1F. The molecule has 3 fully saturated rings. The number of rotatable bonds is 6. The van der Waals surface area contributed by atoms with Crippen LogP contribution in [0.5, 0.6) is 0 Å². The second-order valence-corrected chi connectivity index (χ2v) is 10.3. The Hall–Kier alpha value is -2.07. The molecule has 170 valence electrons. The van der Waals surface area contributed by atoms with E-state index in [4.69, 9.17) is 0 Å². The molecule has 0 aliphatic heterocycles. The Morgan fingerprint density at radius 3 is 2.38 bits per heavy atom. The summed E-state index contributed by atoms with van der Waals surface area (Å²) in [4.78, 5) is 0. The van der Waals surface area contributed by atoms with E-state index in [1.54, 1.807) is 12.1 Å². The highest BCUT2D eigenvalue weighted by molar-refractivity contribution is 5.65. The predicted molar refractivity (Wildman–Crippen MR) is 123 cm³/mol. The van der Waals surface area contributed by atoms with Crippen LogP contribution in [-0.4, -0.2) is 13.1 Å². The van der Waals surface area contributed by atoms with Crippen LogP contribution in [0.25, 0.3) is 11.1 Å². The number of hydrogen-bond acceptors (Lipinski definition) is 1. The third-order valence-electron chi connectivity index (χ3n) is 8.50. The summed E-state index contributed by atoms with van der Waals surface area (Å²) < 4.78 is 43.2. The van der Waals surface area contributed by atoms with Crippen LogP contribution in [0.15, 0.2) is 48.6 Å². The first-order valence-corrected chi connectivity index (χ1v) is 12.0. The summed E-state index contributed by atoms with van der Waals surface area (Å²) in [5, 5.41) is 3.58. The van der Waals surface area contributed by atoms with Crippen molar-refractivity contribution in [1.82, 2.24) is 5.32 Å². The van der Waals surface area contributed by atoms with Gasteiger partial charge in [-0.2, -0.15) is 0 Å². The molecule has 1 N–H and O–H groups in total.